The van der Waals surface area contributed by atoms with Gasteiger partial charge in [0.15, 0.2) is 0 Å². The summed E-state index contributed by atoms with van der Waals surface area (Å²) in [6.07, 6.45) is 0. The topological polar surface area (TPSA) is 78.5 Å². The Bertz CT molecular complexity index is 818. The SMILES string of the molecule is C[C@@H](NC(=O)c1ccc(CN2C(=O)CNC2=O)cc1)c1ccc(Br)cc1. The van der Waals surface area contributed by atoms with E-state index in [1.54, 1.807) is 24.3 Å². The molecule has 1 aliphatic heterocycles. The summed E-state index contributed by atoms with van der Waals surface area (Å²) >= 11 is 3.39. The molecule has 1 aliphatic rings. The van der Waals surface area contributed by atoms with E-state index in [4.69, 9.17) is 0 Å². The summed E-state index contributed by atoms with van der Waals surface area (Å²) in [5, 5.41) is 5.44. The minimum atomic E-state index is -0.389. The van der Waals surface area contributed by atoms with E-state index in [0.717, 1.165) is 20.5 Å². The van der Waals surface area contributed by atoms with E-state index in [2.05, 4.69) is 26.6 Å². The fraction of sp³-hybridized carbons (Fsp3) is 0.211. The molecule has 1 heterocycles. The Morgan fingerprint density at radius 1 is 1.15 bits per heavy atom. The van der Waals surface area contributed by atoms with Crippen molar-refractivity contribution in [1.82, 2.24) is 15.5 Å². The standard InChI is InChI=1S/C19H18BrN3O3/c1-12(14-6-8-16(20)9-7-14)22-18(25)15-4-2-13(3-5-15)11-23-17(24)10-21-19(23)26/h2-9,12H,10-11H2,1H3,(H,21,26)(H,22,25)/t12-/m1/s1. The summed E-state index contributed by atoms with van der Waals surface area (Å²) in [5.74, 6) is -0.429. The van der Waals surface area contributed by atoms with Crippen molar-refractivity contribution in [2.75, 3.05) is 6.54 Å². The molecule has 6 nitrogen and oxygen atoms in total. The Kier molecular flexibility index (Phi) is 5.37. The Labute approximate surface area is 159 Å². The molecule has 1 fully saturated rings. The minimum Gasteiger partial charge on any atom is -0.346 e. The van der Waals surface area contributed by atoms with Gasteiger partial charge in [0, 0.05) is 10.0 Å². The number of halogens is 1. The van der Waals surface area contributed by atoms with Crippen LogP contribution in [0, 0.1) is 0 Å². The van der Waals surface area contributed by atoms with Crippen LogP contribution in [0.15, 0.2) is 53.0 Å². The van der Waals surface area contributed by atoms with Crippen LogP contribution in [0.1, 0.15) is 34.5 Å². The van der Waals surface area contributed by atoms with Gasteiger partial charge in [-0.25, -0.2) is 4.79 Å². The zero-order valence-corrected chi connectivity index (χ0v) is 15.7. The molecule has 134 valence electrons. The number of hydrogen-bond donors (Lipinski definition) is 2. The molecule has 0 saturated carbocycles. The lowest BCUT2D eigenvalue weighted by Crippen LogP contribution is -2.30. The molecule has 0 spiro atoms. The van der Waals surface area contributed by atoms with Gasteiger partial charge in [-0.1, -0.05) is 40.2 Å². The molecule has 0 aliphatic carbocycles. The van der Waals surface area contributed by atoms with E-state index in [0.29, 0.717) is 5.56 Å². The molecular weight excluding hydrogens is 398 g/mol. The van der Waals surface area contributed by atoms with Gasteiger partial charge in [-0.15, -0.1) is 0 Å². The summed E-state index contributed by atoms with van der Waals surface area (Å²) in [6.45, 7) is 2.15. The highest BCUT2D eigenvalue weighted by atomic mass is 79.9. The lowest BCUT2D eigenvalue weighted by molar-refractivity contribution is -0.125. The quantitative estimate of drug-likeness (QED) is 0.736. The van der Waals surface area contributed by atoms with E-state index in [-0.39, 0.29) is 37.0 Å². The number of carbonyl (C=O) groups is 3. The lowest BCUT2D eigenvalue weighted by Gasteiger charge is -2.15. The molecule has 0 aromatic heterocycles. The van der Waals surface area contributed by atoms with Crippen molar-refractivity contribution in [2.45, 2.75) is 19.5 Å². The second-order valence-corrected chi connectivity index (χ2v) is 7.00. The Morgan fingerprint density at radius 2 is 1.81 bits per heavy atom. The van der Waals surface area contributed by atoms with Gasteiger partial charge in [-0.05, 0) is 42.3 Å². The first-order valence-electron chi connectivity index (χ1n) is 8.17. The van der Waals surface area contributed by atoms with Crippen LogP contribution in [0.2, 0.25) is 0 Å². The molecule has 7 heteroatoms. The molecule has 3 rings (SSSR count). The van der Waals surface area contributed by atoms with Crippen LogP contribution in [0.5, 0.6) is 0 Å². The second-order valence-electron chi connectivity index (χ2n) is 6.08. The van der Waals surface area contributed by atoms with Gasteiger partial charge in [0.05, 0.1) is 19.1 Å². The lowest BCUT2D eigenvalue weighted by atomic mass is 10.1. The van der Waals surface area contributed by atoms with Crippen molar-refractivity contribution in [1.29, 1.82) is 0 Å². The number of urea groups is 1. The number of amides is 4. The maximum Gasteiger partial charge on any atom is 0.324 e. The van der Waals surface area contributed by atoms with Crippen LogP contribution in [0.25, 0.3) is 0 Å². The Balaban J connectivity index is 1.62. The molecule has 2 aromatic carbocycles. The first-order chi connectivity index (χ1) is 12.4. The van der Waals surface area contributed by atoms with Crippen molar-refractivity contribution >= 4 is 33.8 Å². The van der Waals surface area contributed by atoms with Gasteiger partial charge < -0.3 is 10.6 Å². The van der Waals surface area contributed by atoms with Gasteiger partial charge in [-0.3, -0.25) is 14.5 Å². The maximum absolute atomic E-state index is 12.4. The molecule has 26 heavy (non-hydrogen) atoms. The number of nitrogens with zero attached hydrogens (tertiary/aromatic N) is 1. The van der Waals surface area contributed by atoms with E-state index >= 15 is 0 Å². The van der Waals surface area contributed by atoms with Crippen LogP contribution in [0.4, 0.5) is 4.79 Å². The Morgan fingerprint density at radius 3 is 2.38 bits per heavy atom. The van der Waals surface area contributed by atoms with E-state index < -0.39 is 0 Å². The van der Waals surface area contributed by atoms with Crippen LogP contribution < -0.4 is 10.6 Å². The molecule has 0 radical (unpaired) electrons. The number of hydrogen-bond acceptors (Lipinski definition) is 3. The fourth-order valence-electron chi connectivity index (χ4n) is 2.67. The summed E-state index contributed by atoms with van der Waals surface area (Å²) in [6, 6.07) is 14.1. The molecule has 0 bridgehead atoms. The van der Waals surface area contributed by atoms with E-state index in [9.17, 15) is 14.4 Å². The summed E-state index contributed by atoms with van der Waals surface area (Å²) in [4.78, 5) is 36.7. The molecule has 2 aromatic rings. The zero-order chi connectivity index (χ0) is 18.7. The van der Waals surface area contributed by atoms with Gasteiger partial charge in [0.2, 0.25) is 5.91 Å². The third-order valence-corrected chi connectivity index (χ3v) is 4.74. The van der Waals surface area contributed by atoms with Crippen molar-refractivity contribution in [3.8, 4) is 0 Å². The third-order valence-electron chi connectivity index (χ3n) is 4.21. The number of rotatable bonds is 5. The average molecular weight is 416 g/mol. The van der Waals surface area contributed by atoms with Crippen molar-refractivity contribution in [3.63, 3.8) is 0 Å². The maximum atomic E-state index is 12.4. The van der Waals surface area contributed by atoms with Crippen molar-refractivity contribution in [2.24, 2.45) is 0 Å². The first kappa shape index (κ1) is 18.1. The largest absolute Gasteiger partial charge is 0.346 e. The minimum absolute atomic E-state index is 0.0350. The van der Waals surface area contributed by atoms with Crippen LogP contribution >= 0.6 is 15.9 Å². The molecule has 4 amide bonds. The van der Waals surface area contributed by atoms with E-state index in [1.807, 2.05) is 31.2 Å². The van der Waals surface area contributed by atoms with Crippen LogP contribution in [-0.2, 0) is 11.3 Å². The average Bonchev–Trinajstić information content (AvgIpc) is 2.94. The van der Waals surface area contributed by atoms with E-state index in [1.165, 1.54) is 0 Å². The van der Waals surface area contributed by atoms with Gasteiger partial charge in [-0.2, -0.15) is 0 Å². The smallest absolute Gasteiger partial charge is 0.324 e. The Hall–Kier alpha value is -2.67. The predicted octanol–water partition coefficient (Wildman–Crippen LogP) is 2.99. The first-order valence-corrected chi connectivity index (χ1v) is 8.97. The number of imide groups is 1. The zero-order valence-electron chi connectivity index (χ0n) is 14.2. The van der Waals surface area contributed by atoms with Crippen molar-refractivity contribution < 1.29 is 14.4 Å². The normalized spacial score (nSPS) is 14.9. The molecule has 2 N–H and O–H groups in total. The van der Waals surface area contributed by atoms with Gasteiger partial charge in [0.1, 0.15) is 0 Å². The molecular formula is C19H18BrN3O3. The number of nitrogens with one attached hydrogen (secondary N) is 2. The third kappa shape index (κ3) is 4.11. The fourth-order valence-corrected chi connectivity index (χ4v) is 2.94. The summed E-state index contributed by atoms with van der Waals surface area (Å²) < 4.78 is 0.987. The van der Waals surface area contributed by atoms with Gasteiger partial charge in [0.25, 0.3) is 5.91 Å². The number of carbonyl (C=O) groups excluding carboxylic acids is 3. The van der Waals surface area contributed by atoms with Crippen LogP contribution in [0.3, 0.4) is 0 Å². The number of benzene rings is 2. The second kappa shape index (κ2) is 7.70. The monoisotopic (exact) mass is 415 g/mol. The highest BCUT2D eigenvalue weighted by Gasteiger charge is 2.28. The van der Waals surface area contributed by atoms with Gasteiger partial charge >= 0.3 is 6.03 Å². The molecule has 1 atom stereocenters. The molecule has 1 saturated heterocycles. The van der Waals surface area contributed by atoms with Crippen molar-refractivity contribution in [3.05, 3.63) is 69.7 Å². The predicted molar refractivity (Wildman–Crippen MR) is 100 cm³/mol. The highest BCUT2D eigenvalue weighted by molar-refractivity contribution is 9.10. The molecule has 0 unspecified atom stereocenters. The summed E-state index contributed by atoms with van der Waals surface area (Å²) in [7, 11) is 0. The van der Waals surface area contributed by atoms with Crippen LogP contribution in [-0.4, -0.2) is 29.3 Å². The highest BCUT2D eigenvalue weighted by Crippen LogP contribution is 2.17. The summed E-state index contributed by atoms with van der Waals surface area (Å²) in [5.41, 5.74) is 2.32.